The Morgan fingerprint density at radius 1 is 0.810 bits per heavy atom. The summed E-state index contributed by atoms with van der Waals surface area (Å²) in [6.45, 7) is 3.64. The monoisotopic (exact) mass is 861 g/mol. The van der Waals surface area contributed by atoms with Gasteiger partial charge in [0.15, 0.2) is 0 Å². The third-order valence-corrected chi connectivity index (χ3v) is 12.7. The Kier molecular flexibility index (Phi) is 18.7. The summed E-state index contributed by atoms with van der Waals surface area (Å²) in [6, 6.07) is 21.0. The molecule has 0 atom stereocenters. The standard InChI is InChI=1S/C42H47N5O8S.2K.2H/c1-2-47(34-19-14-30(15-20-34)42(52)53)56(54,55)36-8-6-7-31(25-36)39(48)45-38-22-21-35(46-23-4-3-5-24-46)26-37(38)40(49)44-33-18-17-32(43-27-33)16-11-28-9-12-29(13-10-28)41(50)51;;;;/h6-10,12-13,17-18,21-22,25-27,30,34H,2-5,11,14-16,19-20,23-24H2,1H3,(H,44,49)(H,45,48)(H,50,51)(H,52,53);;;;/q;2*+1;2*-1. The number of aryl methyl sites for hydroxylation is 2. The summed E-state index contributed by atoms with van der Waals surface area (Å²) in [4.78, 5) is 56.9. The van der Waals surface area contributed by atoms with Gasteiger partial charge in [0.05, 0.1) is 39.5 Å². The van der Waals surface area contributed by atoms with E-state index in [1.54, 1.807) is 55.6 Å². The predicted octanol–water partition coefficient (Wildman–Crippen LogP) is 0.947. The van der Waals surface area contributed by atoms with Gasteiger partial charge in [-0.3, -0.25) is 19.4 Å². The summed E-state index contributed by atoms with van der Waals surface area (Å²) >= 11 is 0. The first-order valence-electron chi connectivity index (χ1n) is 19.1. The first kappa shape index (κ1) is 48.3. The molecular formula is C42H49K2N5O8S. The van der Waals surface area contributed by atoms with Crippen LogP contribution in [0.3, 0.4) is 0 Å². The normalized spacial score (nSPS) is 16.7. The van der Waals surface area contributed by atoms with Gasteiger partial charge in [-0.25, -0.2) is 13.2 Å². The van der Waals surface area contributed by atoms with Crippen molar-refractivity contribution in [2.24, 2.45) is 5.92 Å². The molecule has 0 bridgehead atoms. The number of carboxylic acids is 2. The van der Waals surface area contributed by atoms with Gasteiger partial charge in [0.2, 0.25) is 10.0 Å². The summed E-state index contributed by atoms with van der Waals surface area (Å²) in [5.41, 5.74) is 3.89. The molecule has 2 amide bonds. The number of nitrogens with one attached hydrogen (secondary N) is 2. The average molecular weight is 862 g/mol. The molecule has 16 heteroatoms. The smallest absolute Gasteiger partial charge is 1.00 e. The molecule has 2 fully saturated rings. The van der Waals surface area contributed by atoms with Crippen molar-refractivity contribution in [1.82, 2.24) is 9.29 Å². The Labute approximate surface area is 427 Å². The van der Waals surface area contributed by atoms with E-state index in [1.807, 2.05) is 12.1 Å². The van der Waals surface area contributed by atoms with Gasteiger partial charge in [-0.15, -0.1) is 0 Å². The summed E-state index contributed by atoms with van der Waals surface area (Å²) in [7, 11) is -4.01. The van der Waals surface area contributed by atoms with E-state index in [-0.39, 0.29) is 145 Å². The Bertz CT molecular complexity index is 2190. The van der Waals surface area contributed by atoms with Crippen LogP contribution in [-0.2, 0) is 27.7 Å². The number of amides is 2. The van der Waals surface area contributed by atoms with E-state index in [2.05, 4.69) is 20.5 Å². The van der Waals surface area contributed by atoms with Gasteiger partial charge in [0.25, 0.3) is 11.8 Å². The van der Waals surface area contributed by atoms with Crippen LogP contribution in [-0.4, -0.2) is 77.3 Å². The second-order valence-corrected chi connectivity index (χ2v) is 16.2. The van der Waals surface area contributed by atoms with E-state index >= 15 is 0 Å². The number of hydrogen-bond donors (Lipinski definition) is 4. The third-order valence-electron chi connectivity index (χ3n) is 10.6. The number of carboxylic acid groups (broad SMARTS) is 2. The zero-order valence-electron chi connectivity index (χ0n) is 35.3. The SMILES string of the molecule is CCN(C1CCC(C(=O)O)CC1)S(=O)(=O)c1cccc(C(=O)Nc2ccc(N3CCCCC3)cc2C(=O)Nc2ccc(CCc3ccc(C(=O)O)cc3)nc2)c1.[H-].[H-].[K+].[K+]. The van der Waals surface area contributed by atoms with E-state index in [0.29, 0.717) is 44.2 Å². The minimum absolute atomic E-state index is 0. The quantitative estimate of drug-likeness (QED) is 0.133. The molecule has 1 aliphatic heterocycles. The van der Waals surface area contributed by atoms with Crippen LogP contribution in [0.2, 0.25) is 0 Å². The van der Waals surface area contributed by atoms with Crippen molar-refractivity contribution in [3.05, 3.63) is 113 Å². The Hall–Kier alpha value is -2.33. The first-order valence-corrected chi connectivity index (χ1v) is 20.5. The molecule has 1 saturated heterocycles. The second-order valence-electron chi connectivity index (χ2n) is 14.3. The van der Waals surface area contributed by atoms with Gasteiger partial charge in [-0.1, -0.05) is 25.1 Å². The van der Waals surface area contributed by atoms with Crippen LogP contribution in [0.4, 0.5) is 17.1 Å². The van der Waals surface area contributed by atoms with Crippen molar-refractivity contribution in [2.75, 3.05) is 35.2 Å². The number of hydrogen-bond acceptors (Lipinski definition) is 8. The van der Waals surface area contributed by atoms with Gasteiger partial charge in [0.1, 0.15) is 0 Å². The molecule has 0 unspecified atom stereocenters. The van der Waals surface area contributed by atoms with Crippen molar-refractivity contribution < 1.29 is 143 Å². The molecule has 1 aromatic heterocycles. The molecule has 1 saturated carbocycles. The Morgan fingerprint density at radius 3 is 2.14 bits per heavy atom. The average Bonchev–Trinajstić information content (AvgIpc) is 3.21. The third kappa shape index (κ3) is 12.4. The largest absolute Gasteiger partial charge is 1.00 e. The molecule has 0 radical (unpaired) electrons. The second kappa shape index (κ2) is 22.5. The summed E-state index contributed by atoms with van der Waals surface area (Å²) in [5.74, 6) is -3.36. The van der Waals surface area contributed by atoms with Crippen LogP contribution in [0.25, 0.3) is 0 Å². The van der Waals surface area contributed by atoms with Gasteiger partial charge < -0.3 is 28.6 Å². The molecule has 2 aliphatic rings. The van der Waals surface area contributed by atoms with Crippen LogP contribution in [0, 0.1) is 5.92 Å². The number of pyridine rings is 1. The van der Waals surface area contributed by atoms with Crippen LogP contribution in [0.5, 0.6) is 0 Å². The van der Waals surface area contributed by atoms with E-state index < -0.39 is 39.7 Å². The number of aliphatic carboxylic acids is 1. The van der Waals surface area contributed by atoms with E-state index in [0.717, 1.165) is 49.3 Å². The zero-order chi connectivity index (χ0) is 39.8. The minimum Gasteiger partial charge on any atom is -1.00 e. The number of benzene rings is 3. The molecule has 298 valence electrons. The van der Waals surface area contributed by atoms with Crippen LogP contribution in [0.1, 0.15) is 97.1 Å². The fourth-order valence-electron chi connectivity index (χ4n) is 7.47. The molecule has 2 heterocycles. The van der Waals surface area contributed by atoms with E-state index in [1.165, 1.54) is 28.6 Å². The number of aromatic nitrogens is 1. The molecule has 6 rings (SSSR count). The van der Waals surface area contributed by atoms with Crippen LogP contribution in [0.15, 0.2) is 90.0 Å². The minimum atomic E-state index is -4.01. The van der Waals surface area contributed by atoms with Gasteiger partial charge >= 0.3 is 115 Å². The molecule has 0 spiro atoms. The Balaban J connectivity index is 0.00000310. The van der Waals surface area contributed by atoms with Crippen molar-refractivity contribution in [2.45, 2.75) is 75.6 Å². The number of carbonyl (C=O) groups is 4. The van der Waals surface area contributed by atoms with Crippen molar-refractivity contribution >= 4 is 50.8 Å². The summed E-state index contributed by atoms with van der Waals surface area (Å²) in [5, 5.41) is 24.3. The Morgan fingerprint density at radius 2 is 1.52 bits per heavy atom. The number of rotatable bonds is 14. The number of sulfonamides is 1. The fraction of sp³-hybridized carbons (Fsp3) is 0.357. The van der Waals surface area contributed by atoms with Crippen molar-refractivity contribution in [1.29, 1.82) is 0 Å². The number of carbonyl (C=O) groups excluding carboxylic acids is 2. The molecule has 1 aliphatic carbocycles. The summed E-state index contributed by atoms with van der Waals surface area (Å²) < 4.78 is 29.1. The molecule has 58 heavy (non-hydrogen) atoms. The number of nitrogens with zero attached hydrogens (tertiary/aromatic N) is 3. The number of aromatic carboxylic acids is 1. The number of anilines is 3. The van der Waals surface area contributed by atoms with Crippen LogP contribution >= 0.6 is 0 Å². The maximum atomic E-state index is 13.9. The zero-order valence-corrected chi connectivity index (χ0v) is 40.4. The van der Waals surface area contributed by atoms with Gasteiger partial charge in [-0.05, 0) is 124 Å². The molecular weight excluding hydrogens is 813 g/mol. The first-order chi connectivity index (χ1) is 26.9. The molecule has 3 aromatic carbocycles. The number of piperidine rings is 1. The fourth-order valence-corrected chi connectivity index (χ4v) is 9.21. The van der Waals surface area contributed by atoms with Crippen molar-refractivity contribution in [3.63, 3.8) is 0 Å². The maximum absolute atomic E-state index is 13.9. The topological polar surface area (TPSA) is 186 Å². The molecule has 13 nitrogen and oxygen atoms in total. The van der Waals surface area contributed by atoms with Gasteiger partial charge in [-0.2, -0.15) is 4.31 Å². The molecule has 4 N–H and O–H groups in total. The molecule has 4 aromatic rings. The van der Waals surface area contributed by atoms with Crippen LogP contribution < -0.4 is 118 Å². The predicted molar refractivity (Wildman–Crippen MR) is 215 cm³/mol. The van der Waals surface area contributed by atoms with Crippen molar-refractivity contribution in [3.8, 4) is 0 Å². The van der Waals surface area contributed by atoms with Gasteiger partial charge in [0, 0.05) is 42.6 Å². The summed E-state index contributed by atoms with van der Waals surface area (Å²) in [6.07, 6.45) is 7.71. The maximum Gasteiger partial charge on any atom is 1.00 e. The van der Waals surface area contributed by atoms with E-state index in [4.69, 9.17) is 5.11 Å². The van der Waals surface area contributed by atoms with E-state index in [9.17, 15) is 32.7 Å².